The number of halogens is 1. The number of hydrogen-bond acceptors (Lipinski definition) is 4. The number of nitrogens with one attached hydrogen (secondary N) is 3. The molecule has 29 heavy (non-hydrogen) atoms. The first-order chi connectivity index (χ1) is 14.0. The molecule has 0 atom stereocenters. The van der Waals surface area contributed by atoms with Crippen LogP contribution in [0.15, 0.2) is 66.0 Å². The Bertz CT molecular complexity index is 1000. The third-order valence-electron chi connectivity index (χ3n) is 3.96. The molecule has 0 unspecified atom stereocenters. The van der Waals surface area contributed by atoms with Gasteiger partial charge in [-0.15, -0.1) is 11.3 Å². The molecule has 2 aromatic carbocycles. The van der Waals surface area contributed by atoms with Crippen molar-refractivity contribution in [1.29, 1.82) is 0 Å². The van der Waals surface area contributed by atoms with E-state index in [1.165, 1.54) is 29.5 Å². The van der Waals surface area contributed by atoms with Crippen molar-refractivity contribution < 1.29 is 18.8 Å². The van der Waals surface area contributed by atoms with Crippen LogP contribution in [0.4, 0.5) is 10.1 Å². The predicted molar refractivity (Wildman–Crippen MR) is 110 cm³/mol. The average molecular weight is 411 g/mol. The molecule has 0 aliphatic rings. The molecule has 3 N–H and O–H groups in total. The van der Waals surface area contributed by atoms with Crippen LogP contribution in [0.25, 0.3) is 0 Å². The lowest BCUT2D eigenvalue weighted by Gasteiger charge is -2.08. The summed E-state index contributed by atoms with van der Waals surface area (Å²) >= 11 is 1.35. The summed E-state index contributed by atoms with van der Waals surface area (Å²) in [5.41, 5.74) is 0.787. The second-order valence-corrected chi connectivity index (χ2v) is 6.95. The Kier molecular flexibility index (Phi) is 6.70. The van der Waals surface area contributed by atoms with Gasteiger partial charge in [-0.3, -0.25) is 14.4 Å². The molecule has 6 nitrogen and oxygen atoms in total. The number of benzene rings is 2. The molecule has 0 aliphatic heterocycles. The maximum atomic E-state index is 13.7. The molecule has 0 saturated heterocycles. The highest BCUT2D eigenvalue weighted by atomic mass is 32.1. The third-order valence-corrected chi connectivity index (χ3v) is 4.83. The van der Waals surface area contributed by atoms with Crippen LogP contribution < -0.4 is 16.0 Å². The Labute approximate surface area is 170 Å². The van der Waals surface area contributed by atoms with Gasteiger partial charge in [-0.25, -0.2) is 4.39 Å². The van der Waals surface area contributed by atoms with Crippen LogP contribution in [0, 0.1) is 5.82 Å². The Morgan fingerprint density at radius 1 is 0.793 bits per heavy atom. The largest absolute Gasteiger partial charge is 0.350 e. The van der Waals surface area contributed by atoms with E-state index in [-0.39, 0.29) is 23.9 Å². The lowest BCUT2D eigenvalue weighted by Crippen LogP contribution is -2.34. The van der Waals surface area contributed by atoms with Gasteiger partial charge >= 0.3 is 0 Å². The maximum Gasteiger partial charge on any atom is 0.261 e. The first-order valence-electron chi connectivity index (χ1n) is 8.80. The minimum Gasteiger partial charge on any atom is -0.350 e. The van der Waals surface area contributed by atoms with Crippen LogP contribution >= 0.6 is 11.3 Å². The summed E-state index contributed by atoms with van der Waals surface area (Å²) in [4.78, 5) is 36.7. The quantitative estimate of drug-likeness (QED) is 0.522. The van der Waals surface area contributed by atoms with E-state index < -0.39 is 11.7 Å². The summed E-state index contributed by atoms with van der Waals surface area (Å²) in [5.74, 6) is -1.65. The molecule has 1 heterocycles. The van der Waals surface area contributed by atoms with Gasteiger partial charge in [-0.05, 0) is 47.8 Å². The Balaban J connectivity index is 1.46. The van der Waals surface area contributed by atoms with Gasteiger partial charge < -0.3 is 16.0 Å². The van der Waals surface area contributed by atoms with E-state index in [1.807, 2.05) is 5.38 Å². The van der Waals surface area contributed by atoms with Crippen molar-refractivity contribution in [2.75, 3.05) is 18.4 Å². The van der Waals surface area contributed by atoms with Gasteiger partial charge in [0, 0.05) is 24.3 Å². The fourth-order valence-corrected chi connectivity index (χ4v) is 3.14. The first-order valence-corrected chi connectivity index (χ1v) is 9.68. The number of thiophene rings is 1. The van der Waals surface area contributed by atoms with E-state index >= 15 is 0 Å². The van der Waals surface area contributed by atoms with Crippen molar-refractivity contribution in [3.8, 4) is 0 Å². The smallest absolute Gasteiger partial charge is 0.261 e. The van der Waals surface area contributed by atoms with Crippen molar-refractivity contribution in [2.24, 2.45) is 0 Å². The van der Waals surface area contributed by atoms with Crippen LogP contribution in [-0.2, 0) is 0 Å². The minimum atomic E-state index is -0.604. The molecule has 1 aromatic heterocycles. The van der Waals surface area contributed by atoms with Crippen molar-refractivity contribution >= 4 is 34.7 Å². The maximum absolute atomic E-state index is 13.7. The van der Waals surface area contributed by atoms with Crippen LogP contribution in [0.3, 0.4) is 0 Å². The fraction of sp³-hybridized carbons (Fsp3) is 0.0952. The van der Waals surface area contributed by atoms with Gasteiger partial charge in [0.1, 0.15) is 5.82 Å². The standard InChI is InChI=1S/C21H18FN3O3S/c22-17-5-2-1-4-16(17)20(27)25-15-9-7-14(8-10-15)19(26)23-11-12-24-21(28)18-6-3-13-29-18/h1-10,13H,11-12H2,(H,23,26)(H,24,28)(H,25,27). The highest BCUT2D eigenvalue weighted by Gasteiger charge is 2.12. The third kappa shape index (κ3) is 5.49. The van der Waals surface area contributed by atoms with Crippen molar-refractivity contribution in [3.63, 3.8) is 0 Å². The lowest BCUT2D eigenvalue weighted by atomic mass is 10.1. The second-order valence-electron chi connectivity index (χ2n) is 6.00. The zero-order valence-electron chi connectivity index (χ0n) is 15.3. The van der Waals surface area contributed by atoms with Crippen molar-refractivity contribution in [1.82, 2.24) is 10.6 Å². The van der Waals surface area contributed by atoms with E-state index in [0.717, 1.165) is 0 Å². The van der Waals surface area contributed by atoms with Crippen LogP contribution in [0.2, 0.25) is 0 Å². The van der Waals surface area contributed by atoms with E-state index in [0.29, 0.717) is 22.7 Å². The van der Waals surface area contributed by atoms with Gasteiger partial charge in [0.05, 0.1) is 10.4 Å². The Hall–Kier alpha value is -3.52. The predicted octanol–water partition coefficient (Wildman–Crippen LogP) is 3.30. The summed E-state index contributed by atoms with van der Waals surface area (Å²) < 4.78 is 13.7. The summed E-state index contributed by atoms with van der Waals surface area (Å²) in [5, 5.41) is 9.83. The van der Waals surface area contributed by atoms with E-state index in [1.54, 1.807) is 42.5 Å². The monoisotopic (exact) mass is 411 g/mol. The molecule has 0 saturated carbocycles. The number of carbonyl (C=O) groups is 3. The number of anilines is 1. The highest BCUT2D eigenvalue weighted by Crippen LogP contribution is 2.13. The van der Waals surface area contributed by atoms with Gasteiger partial charge in [0.2, 0.25) is 0 Å². The molecule has 0 bridgehead atoms. The molecule has 0 aliphatic carbocycles. The van der Waals surface area contributed by atoms with Crippen LogP contribution in [0.1, 0.15) is 30.4 Å². The number of carbonyl (C=O) groups excluding carboxylic acids is 3. The fourth-order valence-electron chi connectivity index (χ4n) is 2.50. The topological polar surface area (TPSA) is 87.3 Å². The number of amides is 3. The molecule has 3 rings (SSSR count). The summed E-state index contributed by atoms with van der Waals surface area (Å²) in [6, 6.07) is 15.4. The highest BCUT2D eigenvalue weighted by molar-refractivity contribution is 7.12. The first kappa shape index (κ1) is 20.2. The van der Waals surface area contributed by atoms with Crippen molar-refractivity contribution in [2.45, 2.75) is 0 Å². The molecular weight excluding hydrogens is 393 g/mol. The summed E-state index contributed by atoms with van der Waals surface area (Å²) in [7, 11) is 0. The normalized spacial score (nSPS) is 10.2. The number of hydrogen-bond donors (Lipinski definition) is 3. The van der Waals surface area contributed by atoms with Gasteiger partial charge in [0.25, 0.3) is 17.7 Å². The van der Waals surface area contributed by atoms with Crippen LogP contribution in [0.5, 0.6) is 0 Å². The molecule has 8 heteroatoms. The van der Waals surface area contributed by atoms with E-state index in [4.69, 9.17) is 0 Å². The Morgan fingerprint density at radius 2 is 1.48 bits per heavy atom. The second kappa shape index (κ2) is 9.61. The lowest BCUT2D eigenvalue weighted by molar-refractivity contribution is 0.0929. The van der Waals surface area contributed by atoms with Gasteiger partial charge in [-0.2, -0.15) is 0 Å². The van der Waals surface area contributed by atoms with E-state index in [9.17, 15) is 18.8 Å². The molecule has 0 radical (unpaired) electrons. The van der Waals surface area contributed by atoms with Crippen molar-refractivity contribution in [3.05, 3.63) is 87.9 Å². The van der Waals surface area contributed by atoms with E-state index in [2.05, 4.69) is 16.0 Å². The molecule has 3 aromatic rings. The Morgan fingerprint density at radius 3 is 2.14 bits per heavy atom. The zero-order valence-corrected chi connectivity index (χ0v) is 16.1. The summed E-state index contributed by atoms with van der Waals surface area (Å²) in [6.45, 7) is 0.584. The average Bonchev–Trinajstić information content (AvgIpc) is 3.27. The molecule has 0 fully saturated rings. The molecule has 0 spiro atoms. The molecular formula is C21H18FN3O3S. The minimum absolute atomic E-state index is 0.0566. The van der Waals surface area contributed by atoms with Crippen LogP contribution in [-0.4, -0.2) is 30.8 Å². The zero-order chi connectivity index (χ0) is 20.6. The molecule has 3 amide bonds. The van der Waals surface area contributed by atoms with Gasteiger partial charge in [0.15, 0.2) is 0 Å². The number of rotatable bonds is 7. The SMILES string of the molecule is O=C(NCCNC(=O)c1cccs1)c1ccc(NC(=O)c2ccccc2F)cc1. The molecule has 148 valence electrons. The van der Waals surface area contributed by atoms with Gasteiger partial charge in [-0.1, -0.05) is 18.2 Å². The summed E-state index contributed by atoms with van der Waals surface area (Å²) in [6.07, 6.45) is 0.